The molecule has 3 aromatic rings. The van der Waals surface area contributed by atoms with Gasteiger partial charge in [0.25, 0.3) is 0 Å². The summed E-state index contributed by atoms with van der Waals surface area (Å²) in [6.07, 6.45) is 2.00. The van der Waals surface area contributed by atoms with Gasteiger partial charge in [-0.3, -0.25) is 4.79 Å². The maximum atomic E-state index is 14.8. The number of benzene rings is 3. The zero-order chi connectivity index (χ0) is 18.5. The lowest BCUT2D eigenvalue weighted by atomic mass is 9.74. The molecule has 27 heavy (non-hydrogen) atoms. The fraction of sp³-hybridized carbons (Fsp3) is 0.174. The summed E-state index contributed by atoms with van der Waals surface area (Å²) in [4.78, 5) is 12.8. The lowest BCUT2D eigenvalue weighted by Gasteiger charge is -2.35. The molecule has 1 aliphatic carbocycles. The molecule has 0 aromatic heterocycles. The van der Waals surface area contributed by atoms with E-state index in [-0.39, 0.29) is 5.78 Å². The van der Waals surface area contributed by atoms with Crippen molar-refractivity contribution in [1.29, 1.82) is 0 Å². The van der Waals surface area contributed by atoms with Crippen molar-refractivity contribution in [3.63, 3.8) is 0 Å². The van der Waals surface area contributed by atoms with E-state index >= 15 is 0 Å². The van der Waals surface area contributed by atoms with Gasteiger partial charge in [0.15, 0.2) is 5.78 Å². The maximum absolute atomic E-state index is 14.8. The number of fused-ring (bicyclic) bond motifs is 3. The highest BCUT2D eigenvalue weighted by Crippen LogP contribution is 2.48. The number of halogens is 2. The van der Waals surface area contributed by atoms with Crippen molar-refractivity contribution < 1.29 is 13.6 Å². The van der Waals surface area contributed by atoms with Gasteiger partial charge < -0.3 is 5.32 Å². The van der Waals surface area contributed by atoms with E-state index in [1.807, 2.05) is 36.4 Å². The minimum Gasteiger partial charge on any atom is -0.358 e. The summed E-state index contributed by atoms with van der Waals surface area (Å²) in [5, 5.41) is 5.41. The van der Waals surface area contributed by atoms with Crippen LogP contribution in [0.4, 0.5) is 14.5 Å². The van der Waals surface area contributed by atoms with E-state index in [1.54, 1.807) is 0 Å². The van der Waals surface area contributed by atoms with Crippen molar-refractivity contribution >= 4 is 22.2 Å². The smallest absolute Gasteiger partial charge is 0.161 e. The highest BCUT2D eigenvalue weighted by Gasteiger charge is 2.37. The first kappa shape index (κ1) is 16.2. The number of allylic oxidation sites excluding steroid dienone is 2. The first-order chi connectivity index (χ1) is 13.1. The molecule has 0 amide bonds. The van der Waals surface area contributed by atoms with Gasteiger partial charge in [0, 0.05) is 40.9 Å². The normalized spacial score (nSPS) is 18.9. The maximum Gasteiger partial charge on any atom is 0.161 e. The van der Waals surface area contributed by atoms with E-state index in [0.717, 1.165) is 46.6 Å². The van der Waals surface area contributed by atoms with Crippen LogP contribution in [-0.2, 0) is 4.79 Å². The molecule has 2 aliphatic rings. The molecule has 0 unspecified atom stereocenters. The number of carbonyl (C=O) groups excluding carboxylic acids is 1. The molecular weight excluding hydrogens is 344 g/mol. The summed E-state index contributed by atoms with van der Waals surface area (Å²) < 4.78 is 28.4. The Bertz CT molecular complexity index is 1130. The average Bonchev–Trinajstić information content (AvgIpc) is 2.67. The van der Waals surface area contributed by atoms with E-state index in [2.05, 4.69) is 5.32 Å². The van der Waals surface area contributed by atoms with Crippen LogP contribution < -0.4 is 5.32 Å². The van der Waals surface area contributed by atoms with E-state index < -0.39 is 17.6 Å². The molecule has 2 nitrogen and oxygen atoms in total. The predicted octanol–water partition coefficient (Wildman–Crippen LogP) is 5.68. The van der Waals surface area contributed by atoms with Gasteiger partial charge in [0.1, 0.15) is 11.6 Å². The van der Waals surface area contributed by atoms with Crippen LogP contribution in [0.15, 0.2) is 65.9 Å². The molecule has 0 radical (unpaired) electrons. The molecule has 134 valence electrons. The summed E-state index contributed by atoms with van der Waals surface area (Å²) >= 11 is 0. The lowest BCUT2D eigenvalue weighted by molar-refractivity contribution is -0.116. The number of rotatable bonds is 1. The number of hydrogen-bond donors (Lipinski definition) is 1. The molecule has 3 aromatic carbocycles. The SMILES string of the molecule is O=C1CCCC2=C1[C@@H](c1ccc(F)cc1F)c1c(ccc3ccccc13)N2. The second-order valence-corrected chi connectivity index (χ2v) is 7.14. The van der Waals surface area contributed by atoms with Gasteiger partial charge in [-0.1, -0.05) is 36.4 Å². The zero-order valence-electron chi connectivity index (χ0n) is 14.6. The van der Waals surface area contributed by atoms with Crippen molar-refractivity contribution in [2.45, 2.75) is 25.2 Å². The number of hydrogen-bond acceptors (Lipinski definition) is 2. The van der Waals surface area contributed by atoms with E-state index in [4.69, 9.17) is 0 Å². The third-order valence-electron chi connectivity index (χ3n) is 5.56. The predicted molar refractivity (Wildman–Crippen MR) is 102 cm³/mol. The molecule has 1 atom stereocenters. The van der Waals surface area contributed by atoms with Gasteiger partial charge >= 0.3 is 0 Å². The largest absolute Gasteiger partial charge is 0.358 e. The highest BCUT2D eigenvalue weighted by atomic mass is 19.1. The van der Waals surface area contributed by atoms with E-state index in [1.165, 1.54) is 12.1 Å². The highest BCUT2D eigenvalue weighted by molar-refractivity contribution is 6.04. The summed E-state index contributed by atoms with van der Waals surface area (Å²) in [7, 11) is 0. The Morgan fingerprint density at radius 1 is 0.963 bits per heavy atom. The number of anilines is 1. The minimum absolute atomic E-state index is 0.0380. The van der Waals surface area contributed by atoms with Gasteiger partial charge in [0.05, 0.1) is 0 Å². The topological polar surface area (TPSA) is 29.1 Å². The summed E-state index contributed by atoms with van der Waals surface area (Å²) in [6, 6.07) is 15.5. The fourth-order valence-corrected chi connectivity index (χ4v) is 4.40. The second-order valence-electron chi connectivity index (χ2n) is 7.14. The van der Waals surface area contributed by atoms with Crippen LogP contribution in [0.1, 0.15) is 36.3 Å². The van der Waals surface area contributed by atoms with E-state index in [9.17, 15) is 13.6 Å². The monoisotopic (exact) mass is 361 g/mol. The Hall–Kier alpha value is -3.01. The van der Waals surface area contributed by atoms with Gasteiger partial charge in [-0.15, -0.1) is 0 Å². The third kappa shape index (κ3) is 2.47. The molecule has 0 saturated heterocycles. The van der Waals surface area contributed by atoms with Gasteiger partial charge in [-0.2, -0.15) is 0 Å². The molecule has 1 aliphatic heterocycles. The molecule has 0 fully saturated rings. The van der Waals surface area contributed by atoms with Gasteiger partial charge in [-0.25, -0.2) is 8.78 Å². The Kier molecular flexibility index (Phi) is 3.61. The molecule has 0 spiro atoms. The van der Waals surface area contributed by atoms with Crippen LogP contribution >= 0.6 is 0 Å². The van der Waals surface area contributed by atoms with Crippen molar-refractivity contribution in [2.24, 2.45) is 0 Å². The minimum atomic E-state index is -0.619. The molecule has 1 heterocycles. The third-order valence-corrected chi connectivity index (χ3v) is 5.56. The molecule has 4 heteroatoms. The number of Topliss-reactive ketones (excluding diaryl/α,β-unsaturated/α-hetero) is 1. The summed E-state index contributed by atoms with van der Waals surface area (Å²) in [6.45, 7) is 0. The fourth-order valence-electron chi connectivity index (χ4n) is 4.40. The van der Waals surface area contributed by atoms with Crippen LogP contribution in [-0.4, -0.2) is 5.78 Å². The lowest BCUT2D eigenvalue weighted by Crippen LogP contribution is -2.27. The number of nitrogens with one attached hydrogen (secondary N) is 1. The molecule has 0 saturated carbocycles. The standard InChI is InChI=1S/C23H17F2NO/c24-14-9-10-16(17(25)12-14)22-21-15-5-2-1-4-13(15)8-11-19(21)26-18-6-3-7-20(27)23(18)22/h1-2,4-5,8-12,22,26H,3,6-7H2/t22-/m0/s1. The molecule has 0 bridgehead atoms. The second kappa shape index (κ2) is 6.02. The Morgan fingerprint density at radius 3 is 2.67 bits per heavy atom. The molecular formula is C23H17F2NO. The summed E-state index contributed by atoms with van der Waals surface area (Å²) in [5.74, 6) is -1.73. The average molecular weight is 361 g/mol. The van der Waals surface area contributed by atoms with Crippen molar-refractivity contribution in [3.05, 3.63) is 88.6 Å². The molecule has 5 rings (SSSR count). The number of ketones is 1. The van der Waals surface area contributed by atoms with Crippen molar-refractivity contribution in [3.8, 4) is 0 Å². The first-order valence-electron chi connectivity index (χ1n) is 9.13. The van der Waals surface area contributed by atoms with Crippen LogP contribution in [0.25, 0.3) is 10.8 Å². The number of carbonyl (C=O) groups is 1. The Morgan fingerprint density at radius 2 is 1.81 bits per heavy atom. The first-order valence-corrected chi connectivity index (χ1v) is 9.13. The van der Waals surface area contributed by atoms with E-state index in [0.29, 0.717) is 17.6 Å². The van der Waals surface area contributed by atoms with Gasteiger partial charge in [-0.05, 0) is 41.3 Å². The quantitative estimate of drug-likeness (QED) is 0.604. The Balaban J connectivity index is 1.86. The van der Waals surface area contributed by atoms with Crippen LogP contribution in [0.3, 0.4) is 0 Å². The molecule has 1 N–H and O–H groups in total. The van der Waals surface area contributed by atoms with Crippen LogP contribution in [0.5, 0.6) is 0 Å². The van der Waals surface area contributed by atoms with Crippen molar-refractivity contribution in [2.75, 3.05) is 5.32 Å². The van der Waals surface area contributed by atoms with Gasteiger partial charge in [0.2, 0.25) is 0 Å². The van der Waals surface area contributed by atoms with Crippen LogP contribution in [0.2, 0.25) is 0 Å². The summed E-state index contributed by atoms with van der Waals surface area (Å²) in [5.41, 5.74) is 3.60. The van der Waals surface area contributed by atoms with Crippen LogP contribution in [0, 0.1) is 11.6 Å². The van der Waals surface area contributed by atoms with Crippen molar-refractivity contribution in [1.82, 2.24) is 0 Å². The zero-order valence-corrected chi connectivity index (χ0v) is 14.6. The Labute approximate surface area is 155 Å².